The van der Waals surface area contributed by atoms with E-state index in [0.717, 1.165) is 31.6 Å². The number of para-hydroxylation sites is 1. The molecule has 2 heterocycles. The molecule has 0 spiro atoms. The van der Waals surface area contributed by atoms with Crippen LogP contribution in [0.5, 0.6) is 0 Å². The molecule has 1 aliphatic rings. The minimum atomic E-state index is -0.209. The topological polar surface area (TPSA) is 29.9 Å². The van der Waals surface area contributed by atoms with Crippen LogP contribution in [0.25, 0.3) is 5.69 Å². The lowest BCUT2D eigenvalue weighted by molar-refractivity contribution is 0.323. The number of halogens is 1. The van der Waals surface area contributed by atoms with Gasteiger partial charge in [0.05, 0.1) is 12.0 Å². The lowest BCUT2D eigenvalue weighted by Gasteiger charge is -2.34. The Labute approximate surface area is 112 Å². The Morgan fingerprint density at radius 1 is 1.26 bits per heavy atom. The van der Waals surface area contributed by atoms with E-state index in [9.17, 15) is 4.39 Å². The van der Waals surface area contributed by atoms with Crippen LogP contribution >= 0.6 is 0 Å². The van der Waals surface area contributed by atoms with E-state index in [2.05, 4.69) is 17.2 Å². The zero-order valence-electron chi connectivity index (χ0n) is 11.1. The van der Waals surface area contributed by atoms with Gasteiger partial charge < -0.3 is 5.32 Å². The minimum absolute atomic E-state index is 0.0596. The maximum absolute atomic E-state index is 14.0. The first kappa shape index (κ1) is 12.4. The van der Waals surface area contributed by atoms with Gasteiger partial charge in [-0.1, -0.05) is 19.1 Å². The summed E-state index contributed by atoms with van der Waals surface area (Å²) in [5, 5.41) is 3.37. The summed E-state index contributed by atoms with van der Waals surface area (Å²) >= 11 is 0. The summed E-state index contributed by atoms with van der Waals surface area (Å²) in [6.45, 7) is 4.24. The third kappa shape index (κ3) is 2.16. The number of hydrogen-bond acceptors (Lipinski definition) is 2. The van der Waals surface area contributed by atoms with E-state index in [1.807, 2.05) is 16.8 Å². The fourth-order valence-electron chi connectivity index (χ4n) is 2.82. The predicted molar refractivity (Wildman–Crippen MR) is 73.0 cm³/mol. The van der Waals surface area contributed by atoms with Crippen molar-refractivity contribution in [1.82, 2.24) is 14.9 Å². The molecule has 0 unspecified atom stereocenters. The Hall–Kier alpha value is -1.68. The van der Waals surface area contributed by atoms with Gasteiger partial charge in [0.1, 0.15) is 5.82 Å². The molecule has 2 aromatic rings. The molecular weight excluding hydrogens is 241 g/mol. The molecule has 19 heavy (non-hydrogen) atoms. The van der Waals surface area contributed by atoms with Gasteiger partial charge in [0, 0.05) is 17.3 Å². The van der Waals surface area contributed by atoms with E-state index in [-0.39, 0.29) is 11.2 Å². The molecule has 1 N–H and O–H groups in total. The standard InChI is InChI=1S/C15H18FN3/c1-15(6-8-17-9-7-15)14-10-18-11-19(14)13-5-3-2-4-12(13)16/h2-5,10-11,17H,6-9H2,1H3. The molecule has 1 aromatic heterocycles. The second-order valence-electron chi connectivity index (χ2n) is 5.41. The van der Waals surface area contributed by atoms with Gasteiger partial charge in [-0.05, 0) is 38.1 Å². The largest absolute Gasteiger partial charge is 0.317 e. The number of rotatable bonds is 2. The number of hydrogen-bond donors (Lipinski definition) is 1. The Bertz CT molecular complexity index is 570. The van der Waals surface area contributed by atoms with E-state index < -0.39 is 0 Å². The van der Waals surface area contributed by atoms with Crippen molar-refractivity contribution >= 4 is 0 Å². The van der Waals surface area contributed by atoms with Gasteiger partial charge in [-0.15, -0.1) is 0 Å². The highest BCUT2D eigenvalue weighted by molar-refractivity contribution is 5.37. The zero-order valence-corrected chi connectivity index (χ0v) is 11.1. The van der Waals surface area contributed by atoms with Gasteiger partial charge in [0.25, 0.3) is 0 Å². The van der Waals surface area contributed by atoms with Crippen molar-refractivity contribution in [3.05, 3.63) is 48.3 Å². The second-order valence-corrected chi connectivity index (χ2v) is 5.41. The van der Waals surface area contributed by atoms with Crippen LogP contribution in [0, 0.1) is 5.82 Å². The highest BCUT2D eigenvalue weighted by Crippen LogP contribution is 2.34. The zero-order chi connectivity index (χ0) is 13.3. The number of benzene rings is 1. The lowest BCUT2D eigenvalue weighted by atomic mass is 9.78. The summed E-state index contributed by atoms with van der Waals surface area (Å²) in [6, 6.07) is 6.85. The van der Waals surface area contributed by atoms with Crippen molar-refractivity contribution < 1.29 is 4.39 Å². The van der Waals surface area contributed by atoms with Gasteiger partial charge in [0.15, 0.2) is 0 Å². The number of imidazole rings is 1. The highest BCUT2D eigenvalue weighted by atomic mass is 19.1. The summed E-state index contributed by atoms with van der Waals surface area (Å²) in [4.78, 5) is 4.24. The summed E-state index contributed by atoms with van der Waals surface area (Å²) in [6.07, 6.45) is 5.68. The van der Waals surface area contributed by atoms with E-state index >= 15 is 0 Å². The van der Waals surface area contributed by atoms with Crippen molar-refractivity contribution in [3.8, 4) is 5.69 Å². The minimum Gasteiger partial charge on any atom is -0.317 e. The normalized spacial score (nSPS) is 18.4. The molecule has 1 saturated heterocycles. The van der Waals surface area contributed by atoms with Crippen LogP contribution < -0.4 is 5.32 Å². The van der Waals surface area contributed by atoms with Gasteiger partial charge in [-0.25, -0.2) is 9.37 Å². The van der Waals surface area contributed by atoms with Crippen molar-refractivity contribution in [3.63, 3.8) is 0 Å². The summed E-state index contributed by atoms with van der Waals surface area (Å²) in [5.74, 6) is -0.209. The Morgan fingerprint density at radius 3 is 2.74 bits per heavy atom. The average molecular weight is 259 g/mol. The molecule has 0 atom stereocenters. The third-order valence-corrected chi connectivity index (χ3v) is 4.08. The molecule has 0 radical (unpaired) electrons. The molecule has 1 aliphatic heterocycles. The quantitative estimate of drug-likeness (QED) is 0.898. The summed E-state index contributed by atoms with van der Waals surface area (Å²) in [7, 11) is 0. The van der Waals surface area contributed by atoms with Gasteiger partial charge in [-0.2, -0.15) is 0 Å². The number of nitrogens with zero attached hydrogens (tertiary/aromatic N) is 2. The Morgan fingerprint density at radius 2 is 2.00 bits per heavy atom. The summed E-state index contributed by atoms with van der Waals surface area (Å²) < 4.78 is 15.9. The monoisotopic (exact) mass is 259 g/mol. The molecule has 1 aromatic carbocycles. The van der Waals surface area contributed by atoms with Crippen molar-refractivity contribution in [2.45, 2.75) is 25.2 Å². The molecule has 1 fully saturated rings. The van der Waals surface area contributed by atoms with E-state index in [1.165, 1.54) is 6.07 Å². The van der Waals surface area contributed by atoms with Crippen LogP contribution in [0.3, 0.4) is 0 Å². The first-order valence-electron chi connectivity index (χ1n) is 6.69. The Balaban J connectivity index is 2.06. The van der Waals surface area contributed by atoms with Crippen LogP contribution in [0.1, 0.15) is 25.5 Å². The molecule has 0 amide bonds. The number of aromatic nitrogens is 2. The van der Waals surface area contributed by atoms with Crippen molar-refractivity contribution in [2.75, 3.05) is 13.1 Å². The van der Waals surface area contributed by atoms with Crippen LogP contribution in [0.15, 0.2) is 36.8 Å². The van der Waals surface area contributed by atoms with E-state index in [0.29, 0.717) is 5.69 Å². The lowest BCUT2D eigenvalue weighted by Crippen LogP contribution is -2.38. The molecule has 0 saturated carbocycles. The smallest absolute Gasteiger partial charge is 0.147 e. The second kappa shape index (κ2) is 4.78. The van der Waals surface area contributed by atoms with Crippen LogP contribution in [0.4, 0.5) is 4.39 Å². The fourth-order valence-corrected chi connectivity index (χ4v) is 2.82. The van der Waals surface area contributed by atoms with Crippen LogP contribution in [-0.2, 0) is 5.41 Å². The van der Waals surface area contributed by atoms with Gasteiger partial charge in [-0.3, -0.25) is 4.57 Å². The average Bonchev–Trinajstić information content (AvgIpc) is 2.90. The van der Waals surface area contributed by atoms with Crippen molar-refractivity contribution in [2.24, 2.45) is 0 Å². The molecule has 3 rings (SSSR count). The molecular formula is C15H18FN3. The van der Waals surface area contributed by atoms with Gasteiger partial charge >= 0.3 is 0 Å². The Kier molecular flexibility index (Phi) is 3.11. The third-order valence-electron chi connectivity index (χ3n) is 4.08. The van der Waals surface area contributed by atoms with E-state index in [1.54, 1.807) is 18.5 Å². The predicted octanol–water partition coefficient (Wildman–Crippen LogP) is 2.65. The maximum Gasteiger partial charge on any atom is 0.147 e. The fraction of sp³-hybridized carbons (Fsp3) is 0.400. The van der Waals surface area contributed by atoms with Crippen LogP contribution in [0.2, 0.25) is 0 Å². The molecule has 4 heteroatoms. The van der Waals surface area contributed by atoms with Crippen molar-refractivity contribution in [1.29, 1.82) is 0 Å². The van der Waals surface area contributed by atoms with E-state index in [4.69, 9.17) is 0 Å². The number of nitrogens with one attached hydrogen (secondary N) is 1. The summed E-state index contributed by atoms with van der Waals surface area (Å²) in [5.41, 5.74) is 1.73. The first-order valence-corrected chi connectivity index (χ1v) is 6.69. The molecule has 3 nitrogen and oxygen atoms in total. The SMILES string of the molecule is CC1(c2cncn2-c2ccccc2F)CCNCC1. The first-order chi connectivity index (χ1) is 9.21. The molecule has 100 valence electrons. The molecule has 0 aliphatic carbocycles. The van der Waals surface area contributed by atoms with Crippen LogP contribution in [-0.4, -0.2) is 22.6 Å². The van der Waals surface area contributed by atoms with Gasteiger partial charge in [0.2, 0.25) is 0 Å². The number of piperidine rings is 1. The molecule has 0 bridgehead atoms. The highest BCUT2D eigenvalue weighted by Gasteiger charge is 2.32. The maximum atomic E-state index is 14.0.